The van der Waals surface area contributed by atoms with Gasteiger partial charge in [-0.2, -0.15) is 0 Å². The zero-order chi connectivity index (χ0) is 11.0. The normalized spacial score (nSPS) is 12.4. The maximum Gasteiger partial charge on any atom is 0.0880 e. The standard InChI is InChI=1S/C10H25N2S2/c1-11(2)7-6-9-13-14-10-8-12(3,4)5/h6-10H2,1-5H3/q+1. The van der Waals surface area contributed by atoms with E-state index in [2.05, 4.69) is 40.1 Å². The van der Waals surface area contributed by atoms with Gasteiger partial charge in [-0.3, -0.25) is 0 Å². The second kappa shape index (κ2) is 7.85. The molecule has 0 aliphatic heterocycles. The summed E-state index contributed by atoms with van der Waals surface area (Å²) < 4.78 is 1.07. The maximum absolute atomic E-state index is 2.25. The molecule has 0 aliphatic rings. The zero-order valence-electron chi connectivity index (χ0n) is 10.2. The average Bonchev–Trinajstić information content (AvgIpc) is 2.00. The van der Waals surface area contributed by atoms with Gasteiger partial charge in [0.25, 0.3) is 0 Å². The van der Waals surface area contributed by atoms with Gasteiger partial charge in [-0.1, -0.05) is 21.6 Å². The molecule has 0 fully saturated rings. The predicted octanol–water partition coefficient (Wildman–Crippen LogP) is 2.03. The molecule has 14 heavy (non-hydrogen) atoms. The molecular formula is C10H25N2S2+. The van der Waals surface area contributed by atoms with Gasteiger partial charge in [0.05, 0.1) is 33.4 Å². The summed E-state index contributed by atoms with van der Waals surface area (Å²) in [5.74, 6) is 2.54. The molecule has 0 amide bonds. The van der Waals surface area contributed by atoms with Crippen LogP contribution >= 0.6 is 21.6 Å². The molecule has 0 atom stereocenters. The Labute approximate surface area is 97.4 Å². The number of rotatable bonds is 8. The van der Waals surface area contributed by atoms with Gasteiger partial charge in [0, 0.05) is 5.75 Å². The molecule has 0 aromatic heterocycles. The monoisotopic (exact) mass is 237 g/mol. The predicted molar refractivity (Wildman–Crippen MR) is 71.0 cm³/mol. The molecule has 0 spiro atoms. The summed E-state index contributed by atoms with van der Waals surface area (Å²) in [6, 6.07) is 0. The minimum atomic E-state index is 1.07. The van der Waals surface area contributed by atoms with E-state index in [4.69, 9.17) is 0 Å². The summed E-state index contributed by atoms with van der Waals surface area (Å²) >= 11 is 0. The van der Waals surface area contributed by atoms with Crippen LogP contribution in [0.1, 0.15) is 6.42 Å². The lowest BCUT2D eigenvalue weighted by Gasteiger charge is -2.23. The topological polar surface area (TPSA) is 3.24 Å². The van der Waals surface area contributed by atoms with Gasteiger partial charge in [-0.15, -0.1) is 0 Å². The molecule has 0 saturated heterocycles. The lowest BCUT2D eigenvalue weighted by Crippen LogP contribution is -2.36. The first-order valence-corrected chi connectivity index (χ1v) is 7.60. The van der Waals surface area contributed by atoms with Crippen molar-refractivity contribution < 1.29 is 4.48 Å². The van der Waals surface area contributed by atoms with Crippen molar-refractivity contribution in [3.63, 3.8) is 0 Å². The fourth-order valence-corrected chi connectivity index (χ4v) is 3.26. The van der Waals surface area contributed by atoms with E-state index in [9.17, 15) is 0 Å². The number of nitrogens with zero attached hydrogens (tertiary/aromatic N) is 2. The third kappa shape index (κ3) is 12.6. The minimum Gasteiger partial charge on any atom is -0.330 e. The van der Waals surface area contributed by atoms with Crippen LogP contribution in [0.2, 0.25) is 0 Å². The third-order valence-electron chi connectivity index (χ3n) is 1.76. The van der Waals surface area contributed by atoms with E-state index >= 15 is 0 Å². The third-order valence-corrected chi connectivity index (χ3v) is 4.23. The lowest BCUT2D eigenvalue weighted by atomic mass is 10.5. The van der Waals surface area contributed by atoms with Crippen LogP contribution in [0.4, 0.5) is 0 Å². The first kappa shape index (κ1) is 14.6. The second-order valence-corrected chi connectivity index (χ2v) is 7.52. The van der Waals surface area contributed by atoms with E-state index in [1.165, 1.54) is 31.0 Å². The lowest BCUT2D eigenvalue weighted by molar-refractivity contribution is -0.867. The molecule has 0 heterocycles. The summed E-state index contributed by atoms with van der Waals surface area (Å²) in [7, 11) is 15.0. The molecule has 0 radical (unpaired) electrons. The van der Waals surface area contributed by atoms with E-state index in [1.807, 2.05) is 21.6 Å². The molecule has 86 valence electrons. The Balaban J connectivity index is 3.07. The van der Waals surface area contributed by atoms with Crippen molar-refractivity contribution in [2.45, 2.75) is 6.42 Å². The van der Waals surface area contributed by atoms with Crippen molar-refractivity contribution in [3.8, 4) is 0 Å². The minimum absolute atomic E-state index is 1.07. The Morgan fingerprint density at radius 1 is 1.00 bits per heavy atom. The zero-order valence-corrected chi connectivity index (χ0v) is 11.9. The van der Waals surface area contributed by atoms with E-state index in [0.717, 1.165) is 4.48 Å². The van der Waals surface area contributed by atoms with Crippen LogP contribution in [0.25, 0.3) is 0 Å². The number of quaternary nitrogens is 1. The van der Waals surface area contributed by atoms with Crippen LogP contribution < -0.4 is 0 Å². The highest BCUT2D eigenvalue weighted by molar-refractivity contribution is 8.76. The van der Waals surface area contributed by atoms with E-state index in [-0.39, 0.29) is 0 Å². The van der Waals surface area contributed by atoms with E-state index < -0.39 is 0 Å². The molecule has 4 heteroatoms. The van der Waals surface area contributed by atoms with Gasteiger partial charge >= 0.3 is 0 Å². The van der Waals surface area contributed by atoms with Gasteiger partial charge in [-0.05, 0) is 27.1 Å². The Morgan fingerprint density at radius 2 is 1.57 bits per heavy atom. The smallest absolute Gasteiger partial charge is 0.0880 e. The van der Waals surface area contributed by atoms with Gasteiger partial charge < -0.3 is 9.38 Å². The van der Waals surface area contributed by atoms with E-state index in [1.54, 1.807) is 0 Å². The van der Waals surface area contributed by atoms with Gasteiger partial charge in [-0.25, -0.2) is 0 Å². The molecule has 0 aliphatic carbocycles. The van der Waals surface area contributed by atoms with Gasteiger partial charge in [0.2, 0.25) is 0 Å². The van der Waals surface area contributed by atoms with Crippen molar-refractivity contribution in [2.75, 3.05) is 59.8 Å². The molecule has 0 aromatic carbocycles. The summed E-state index contributed by atoms with van der Waals surface area (Å²) in [5.41, 5.74) is 0. The van der Waals surface area contributed by atoms with Crippen molar-refractivity contribution in [2.24, 2.45) is 0 Å². The van der Waals surface area contributed by atoms with Crippen molar-refractivity contribution in [1.82, 2.24) is 4.90 Å². The summed E-state index contributed by atoms with van der Waals surface area (Å²) in [5, 5.41) is 0. The Bertz CT molecular complexity index is 133. The SMILES string of the molecule is CN(C)CCCSSCC[N+](C)(C)C. The highest BCUT2D eigenvalue weighted by Crippen LogP contribution is 2.21. The summed E-state index contributed by atoms with van der Waals surface area (Å²) in [6.07, 6.45) is 1.30. The van der Waals surface area contributed by atoms with Crippen molar-refractivity contribution >= 4 is 21.6 Å². The Morgan fingerprint density at radius 3 is 2.07 bits per heavy atom. The van der Waals surface area contributed by atoms with Crippen LogP contribution in [0.5, 0.6) is 0 Å². The molecular weight excluding hydrogens is 212 g/mol. The van der Waals surface area contributed by atoms with E-state index in [0.29, 0.717) is 0 Å². The first-order valence-electron chi connectivity index (χ1n) is 5.11. The largest absolute Gasteiger partial charge is 0.330 e. The number of hydrogen-bond donors (Lipinski definition) is 0. The molecule has 2 nitrogen and oxygen atoms in total. The maximum atomic E-state index is 2.25. The molecule has 0 N–H and O–H groups in total. The highest BCUT2D eigenvalue weighted by Gasteiger charge is 2.05. The molecule has 0 unspecified atom stereocenters. The fraction of sp³-hybridized carbons (Fsp3) is 1.00. The average molecular weight is 237 g/mol. The Kier molecular flexibility index (Phi) is 8.20. The second-order valence-electron chi connectivity index (χ2n) is 4.81. The van der Waals surface area contributed by atoms with Crippen molar-refractivity contribution in [1.29, 1.82) is 0 Å². The molecule has 0 rings (SSSR count). The highest BCUT2D eigenvalue weighted by atomic mass is 33.1. The van der Waals surface area contributed by atoms with Crippen molar-refractivity contribution in [3.05, 3.63) is 0 Å². The van der Waals surface area contributed by atoms with Crippen LogP contribution in [0.15, 0.2) is 0 Å². The molecule has 0 aromatic rings. The van der Waals surface area contributed by atoms with Crippen LogP contribution in [-0.4, -0.2) is 69.2 Å². The summed E-state index contributed by atoms with van der Waals surface area (Å²) in [4.78, 5) is 2.25. The fourth-order valence-electron chi connectivity index (χ4n) is 0.869. The quantitative estimate of drug-likeness (QED) is 0.361. The first-order chi connectivity index (χ1) is 6.42. The van der Waals surface area contributed by atoms with Gasteiger partial charge in [0.15, 0.2) is 0 Å². The van der Waals surface area contributed by atoms with Crippen LogP contribution in [0.3, 0.4) is 0 Å². The van der Waals surface area contributed by atoms with Crippen LogP contribution in [-0.2, 0) is 0 Å². The molecule has 0 saturated carbocycles. The molecule has 0 bridgehead atoms. The summed E-state index contributed by atoms with van der Waals surface area (Å²) in [6.45, 7) is 2.47. The number of hydrogen-bond acceptors (Lipinski definition) is 3. The Hall–Kier alpha value is 0.620. The van der Waals surface area contributed by atoms with Crippen LogP contribution in [0, 0.1) is 0 Å². The van der Waals surface area contributed by atoms with Gasteiger partial charge in [0.1, 0.15) is 0 Å².